The first kappa shape index (κ1) is 13.6. The Bertz CT molecular complexity index is 630. The van der Waals surface area contributed by atoms with Gasteiger partial charge in [0.1, 0.15) is 11.8 Å². The molecule has 0 aromatic carbocycles. The molecule has 0 saturated carbocycles. The summed E-state index contributed by atoms with van der Waals surface area (Å²) < 4.78 is 5.34. The van der Waals surface area contributed by atoms with Gasteiger partial charge in [0.05, 0.1) is 10.8 Å². The Hall–Kier alpha value is -1.39. The number of nitrogens with zero attached hydrogens (tertiary/aromatic N) is 3. The molecule has 20 heavy (non-hydrogen) atoms. The number of aromatic nitrogens is 3. The van der Waals surface area contributed by atoms with Gasteiger partial charge >= 0.3 is 0 Å². The van der Waals surface area contributed by atoms with E-state index >= 15 is 0 Å². The van der Waals surface area contributed by atoms with Crippen LogP contribution in [0.5, 0.6) is 0 Å². The minimum Gasteiger partial charge on any atom is -0.352 e. The van der Waals surface area contributed by atoms with Crippen molar-refractivity contribution in [3.63, 3.8) is 0 Å². The van der Waals surface area contributed by atoms with Crippen molar-refractivity contribution in [3.05, 3.63) is 23.8 Å². The molecule has 1 aliphatic heterocycles. The standard InChI is InChI=1S/C13H14N4OS2/c1-2-10-11(20-4-3-19-10)12-16-13(18-17-12)8-5-9(6-14)15-7-8/h5,7,10-11,15H,2-4H2,1H3. The largest absolute Gasteiger partial charge is 0.352 e. The predicted octanol–water partition coefficient (Wildman–Crippen LogP) is 3.24. The molecule has 1 N–H and O–H groups in total. The zero-order valence-electron chi connectivity index (χ0n) is 11.0. The molecule has 0 amide bonds. The second-order valence-electron chi connectivity index (χ2n) is 4.48. The van der Waals surface area contributed by atoms with Gasteiger partial charge in [0.2, 0.25) is 0 Å². The Kier molecular flexibility index (Phi) is 4.03. The van der Waals surface area contributed by atoms with Crippen LogP contribution in [0.3, 0.4) is 0 Å². The van der Waals surface area contributed by atoms with Crippen molar-refractivity contribution < 1.29 is 4.52 Å². The van der Waals surface area contributed by atoms with Gasteiger partial charge in [0, 0.05) is 23.0 Å². The molecule has 104 valence electrons. The van der Waals surface area contributed by atoms with Crippen LogP contribution in [0.15, 0.2) is 16.8 Å². The van der Waals surface area contributed by atoms with E-state index < -0.39 is 0 Å². The Balaban J connectivity index is 1.84. The average Bonchev–Trinajstić information content (AvgIpc) is 3.15. The Morgan fingerprint density at radius 2 is 2.35 bits per heavy atom. The number of hydrogen-bond donors (Lipinski definition) is 1. The molecule has 3 rings (SSSR count). The van der Waals surface area contributed by atoms with Gasteiger partial charge in [-0.25, -0.2) is 0 Å². The van der Waals surface area contributed by atoms with Gasteiger partial charge in [0.25, 0.3) is 5.89 Å². The molecule has 2 aromatic rings. The van der Waals surface area contributed by atoms with E-state index in [-0.39, 0.29) is 0 Å². The van der Waals surface area contributed by atoms with Crippen molar-refractivity contribution in [1.29, 1.82) is 5.26 Å². The number of rotatable bonds is 3. The molecule has 0 aliphatic carbocycles. The Morgan fingerprint density at radius 1 is 1.50 bits per heavy atom. The number of nitrogens with one attached hydrogen (secondary N) is 1. The minimum absolute atomic E-state index is 0.297. The average molecular weight is 306 g/mol. The molecule has 1 saturated heterocycles. The van der Waals surface area contributed by atoms with Crippen molar-refractivity contribution >= 4 is 23.5 Å². The van der Waals surface area contributed by atoms with Crippen molar-refractivity contribution in [2.24, 2.45) is 0 Å². The minimum atomic E-state index is 0.297. The summed E-state index contributed by atoms with van der Waals surface area (Å²) in [5.74, 6) is 3.55. The quantitative estimate of drug-likeness (QED) is 0.938. The molecule has 0 bridgehead atoms. The highest BCUT2D eigenvalue weighted by atomic mass is 32.2. The van der Waals surface area contributed by atoms with Gasteiger partial charge in [-0.1, -0.05) is 12.1 Å². The second-order valence-corrected chi connectivity index (χ2v) is 7.08. The van der Waals surface area contributed by atoms with Crippen LogP contribution in [-0.2, 0) is 0 Å². The van der Waals surface area contributed by atoms with Crippen LogP contribution in [0.1, 0.15) is 30.1 Å². The van der Waals surface area contributed by atoms with Crippen LogP contribution in [0.4, 0.5) is 0 Å². The van der Waals surface area contributed by atoms with Crippen LogP contribution in [0, 0.1) is 11.3 Å². The van der Waals surface area contributed by atoms with E-state index in [1.54, 1.807) is 12.3 Å². The molecule has 2 aromatic heterocycles. The van der Waals surface area contributed by atoms with Crippen molar-refractivity contribution in [2.75, 3.05) is 11.5 Å². The highest BCUT2D eigenvalue weighted by Gasteiger charge is 2.30. The summed E-state index contributed by atoms with van der Waals surface area (Å²) >= 11 is 3.89. The third kappa shape index (κ3) is 2.58. The molecule has 1 fully saturated rings. The van der Waals surface area contributed by atoms with Crippen molar-refractivity contribution in [2.45, 2.75) is 23.8 Å². The smallest absolute Gasteiger partial charge is 0.259 e. The van der Waals surface area contributed by atoms with Crippen molar-refractivity contribution in [3.8, 4) is 17.5 Å². The van der Waals surface area contributed by atoms with Crippen LogP contribution in [0.2, 0.25) is 0 Å². The molecular formula is C13H14N4OS2. The molecule has 3 heterocycles. The van der Waals surface area contributed by atoms with E-state index in [1.807, 2.05) is 23.5 Å². The fraction of sp³-hybridized carbons (Fsp3) is 0.462. The summed E-state index contributed by atoms with van der Waals surface area (Å²) in [5.41, 5.74) is 1.26. The molecular weight excluding hydrogens is 292 g/mol. The highest BCUT2D eigenvalue weighted by molar-refractivity contribution is 8.06. The van der Waals surface area contributed by atoms with E-state index in [0.29, 0.717) is 22.1 Å². The molecule has 0 radical (unpaired) electrons. The maximum atomic E-state index is 8.82. The van der Waals surface area contributed by atoms with Crippen LogP contribution >= 0.6 is 23.5 Å². The van der Waals surface area contributed by atoms with Crippen LogP contribution < -0.4 is 0 Å². The Morgan fingerprint density at radius 3 is 3.10 bits per heavy atom. The lowest BCUT2D eigenvalue weighted by Gasteiger charge is -2.27. The molecule has 0 spiro atoms. The molecule has 2 unspecified atom stereocenters. The number of H-pyrrole nitrogens is 1. The molecule has 7 heteroatoms. The van der Waals surface area contributed by atoms with Crippen molar-refractivity contribution in [1.82, 2.24) is 15.1 Å². The first-order valence-electron chi connectivity index (χ1n) is 6.47. The second kappa shape index (κ2) is 5.94. The summed E-state index contributed by atoms with van der Waals surface area (Å²) in [6, 6.07) is 3.77. The molecule has 1 aliphatic rings. The van der Waals surface area contributed by atoms with E-state index in [9.17, 15) is 0 Å². The number of thioether (sulfide) groups is 2. The highest BCUT2D eigenvalue weighted by Crippen LogP contribution is 2.43. The third-order valence-corrected chi connectivity index (χ3v) is 6.44. The number of aromatic amines is 1. The van der Waals surface area contributed by atoms with Gasteiger partial charge < -0.3 is 9.51 Å². The van der Waals surface area contributed by atoms with Crippen LogP contribution in [0.25, 0.3) is 11.5 Å². The fourth-order valence-corrected chi connectivity index (χ4v) is 5.17. The summed E-state index contributed by atoms with van der Waals surface area (Å²) in [7, 11) is 0. The number of hydrogen-bond acceptors (Lipinski definition) is 6. The lowest BCUT2D eigenvalue weighted by molar-refractivity contribution is 0.421. The Labute approximate surface area is 125 Å². The summed E-state index contributed by atoms with van der Waals surface area (Å²) in [6.07, 6.45) is 2.82. The van der Waals surface area contributed by atoms with Gasteiger partial charge in [-0.3, -0.25) is 0 Å². The molecule has 5 nitrogen and oxygen atoms in total. The van der Waals surface area contributed by atoms with Gasteiger partial charge in [-0.05, 0) is 12.5 Å². The third-order valence-electron chi connectivity index (χ3n) is 3.20. The molecule has 2 atom stereocenters. The topological polar surface area (TPSA) is 78.5 Å². The van der Waals surface area contributed by atoms with Gasteiger partial charge in [0.15, 0.2) is 5.82 Å². The van der Waals surface area contributed by atoms with E-state index in [2.05, 4.69) is 28.1 Å². The maximum Gasteiger partial charge on any atom is 0.259 e. The van der Waals surface area contributed by atoms with E-state index in [0.717, 1.165) is 23.6 Å². The predicted molar refractivity (Wildman–Crippen MR) is 80.5 cm³/mol. The van der Waals surface area contributed by atoms with Gasteiger partial charge in [-0.2, -0.15) is 22.0 Å². The summed E-state index contributed by atoms with van der Waals surface area (Å²) in [4.78, 5) is 7.37. The monoisotopic (exact) mass is 306 g/mol. The fourth-order valence-electron chi connectivity index (χ4n) is 2.19. The normalized spacial score (nSPS) is 22.6. The SMILES string of the molecule is CCC1SCCSC1c1noc(-c2c[nH]c(C#N)c2)n1. The number of nitriles is 1. The van der Waals surface area contributed by atoms with E-state index in [1.165, 1.54) is 5.75 Å². The first-order chi connectivity index (χ1) is 9.81. The van der Waals surface area contributed by atoms with Gasteiger partial charge in [-0.15, -0.1) is 11.8 Å². The van der Waals surface area contributed by atoms with E-state index in [4.69, 9.17) is 9.78 Å². The first-order valence-corrected chi connectivity index (χ1v) is 8.57. The summed E-state index contributed by atoms with van der Waals surface area (Å²) in [6.45, 7) is 2.20. The summed E-state index contributed by atoms with van der Waals surface area (Å²) in [5, 5.41) is 13.8. The zero-order chi connectivity index (χ0) is 13.9. The van der Waals surface area contributed by atoms with Crippen LogP contribution in [-0.4, -0.2) is 31.9 Å². The maximum absolute atomic E-state index is 8.82. The zero-order valence-corrected chi connectivity index (χ0v) is 12.6. The lowest BCUT2D eigenvalue weighted by atomic mass is 10.2. The lowest BCUT2D eigenvalue weighted by Crippen LogP contribution is -2.19.